The number of rotatable bonds is 4. The molecule has 2 fully saturated rings. The van der Waals surface area contributed by atoms with Gasteiger partial charge in [-0.25, -0.2) is 4.98 Å². The Morgan fingerprint density at radius 3 is 2.67 bits per heavy atom. The van der Waals surface area contributed by atoms with E-state index < -0.39 is 0 Å². The van der Waals surface area contributed by atoms with Crippen LogP contribution in [-0.4, -0.2) is 35.0 Å². The first kappa shape index (κ1) is 16.8. The Kier molecular flexibility index (Phi) is 5.03. The number of carbonyl (C=O) groups is 1. The molecule has 0 radical (unpaired) electrons. The zero-order valence-corrected chi connectivity index (χ0v) is 14.4. The highest BCUT2D eigenvalue weighted by Crippen LogP contribution is 2.34. The fourth-order valence-corrected chi connectivity index (χ4v) is 3.70. The molecule has 0 bridgehead atoms. The van der Waals surface area contributed by atoms with Gasteiger partial charge in [-0.2, -0.15) is 5.26 Å². The molecule has 2 heterocycles. The van der Waals surface area contributed by atoms with Crippen molar-refractivity contribution < 1.29 is 9.53 Å². The number of aromatic nitrogens is 1. The van der Waals surface area contributed by atoms with Crippen molar-refractivity contribution in [2.24, 2.45) is 17.8 Å². The van der Waals surface area contributed by atoms with Crippen molar-refractivity contribution in [3.63, 3.8) is 0 Å². The molecule has 0 aromatic carbocycles. The van der Waals surface area contributed by atoms with Crippen molar-refractivity contribution in [2.45, 2.75) is 45.6 Å². The van der Waals surface area contributed by atoms with Crippen LogP contribution in [-0.2, 0) is 4.79 Å². The molecule has 3 rings (SSSR count). The second-order valence-corrected chi connectivity index (χ2v) is 7.33. The molecule has 2 aliphatic rings. The van der Waals surface area contributed by atoms with E-state index in [1.54, 1.807) is 18.3 Å². The number of hydrogen-bond donors (Lipinski definition) is 0. The van der Waals surface area contributed by atoms with Gasteiger partial charge in [-0.3, -0.25) is 4.79 Å². The lowest BCUT2D eigenvalue weighted by atomic mass is 9.76. The van der Waals surface area contributed by atoms with Gasteiger partial charge < -0.3 is 9.64 Å². The molecule has 5 heteroatoms. The number of nitriles is 1. The Labute approximate surface area is 143 Å². The first-order valence-corrected chi connectivity index (χ1v) is 8.88. The van der Waals surface area contributed by atoms with Crippen molar-refractivity contribution in [2.75, 3.05) is 13.1 Å². The summed E-state index contributed by atoms with van der Waals surface area (Å²) in [7, 11) is 0. The van der Waals surface area contributed by atoms with E-state index >= 15 is 0 Å². The standard InChI is InChI=1S/C19H25N3O2/c1-13(2)15-3-5-16(6-4-15)19(23)22-11-17(12-22)24-18-9-14(10-20)7-8-21-18/h7-9,13,15-17H,3-6,11-12H2,1-2H3. The number of amides is 1. The number of carbonyl (C=O) groups excluding carboxylic acids is 1. The van der Waals surface area contributed by atoms with Gasteiger partial charge in [0.2, 0.25) is 11.8 Å². The van der Waals surface area contributed by atoms with Crippen LogP contribution in [0.2, 0.25) is 0 Å². The van der Waals surface area contributed by atoms with E-state index in [4.69, 9.17) is 10.00 Å². The summed E-state index contributed by atoms with van der Waals surface area (Å²) < 4.78 is 5.75. The second kappa shape index (κ2) is 7.21. The van der Waals surface area contributed by atoms with E-state index in [0.29, 0.717) is 24.5 Å². The molecule has 1 aromatic heterocycles. The van der Waals surface area contributed by atoms with Gasteiger partial charge in [-0.1, -0.05) is 13.8 Å². The molecule has 1 saturated heterocycles. The Balaban J connectivity index is 1.45. The maximum atomic E-state index is 12.6. The lowest BCUT2D eigenvalue weighted by Gasteiger charge is -2.41. The van der Waals surface area contributed by atoms with Crippen molar-refractivity contribution in [3.05, 3.63) is 23.9 Å². The predicted octanol–water partition coefficient (Wildman–Crippen LogP) is 3.01. The van der Waals surface area contributed by atoms with Crippen LogP contribution in [0, 0.1) is 29.1 Å². The summed E-state index contributed by atoms with van der Waals surface area (Å²) >= 11 is 0. The topological polar surface area (TPSA) is 66.2 Å². The molecule has 0 spiro atoms. The molecule has 1 aromatic rings. The van der Waals surface area contributed by atoms with Gasteiger partial charge >= 0.3 is 0 Å². The highest BCUT2D eigenvalue weighted by Gasteiger charge is 2.37. The van der Waals surface area contributed by atoms with Crippen LogP contribution in [0.1, 0.15) is 45.1 Å². The Morgan fingerprint density at radius 1 is 1.33 bits per heavy atom. The van der Waals surface area contributed by atoms with Gasteiger partial charge in [-0.15, -0.1) is 0 Å². The highest BCUT2D eigenvalue weighted by atomic mass is 16.5. The van der Waals surface area contributed by atoms with Crippen LogP contribution in [0.4, 0.5) is 0 Å². The Morgan fingerprint density at radius 2 is 2.04 bits per heavy atom. The molecular weight excluding hydrogens is 302 g/mol. The number of ether oxygens (including phenoxy) is 1. The summed E-state index contributed by atoms with van der Waals surface area (Å²) in [5.74, 6) is 2.44. The molecular formula is C19H25N3O2. The van der Waals surface area contributed by atoms with Crippen molar-refractivity contribution in [3.8, 4) is 11.9 Å². The third-order valence-electron chi connectivity index (χ3n) is 5.37. The maximum Gasteiger partial charge on any atom is 0.225 e. The van der Waals surface area contributed by atoms with Gasteiger partial charge in [0.05, 0.1) is 24.7 Å². The van der Waals surface area contributed by atoms with Crippen molar-refractivity contribution in [1.29, 1.82) is 5.26 Å². The minimum Gasteiger partial charge on any atom is -0.471 e. The molecule has 0 N–H and O–H groups in total. The van der Waals surface area contributed by atoms with E-state index in [1.165, 1.54) is 12.8 Å². The first-order chi connectivity index (χ1) is 11.6. The van der Waals surface area contributed by atoms with Crippen LogP contribution in [0.15, 0.2) is 18.3 Å². The first-order valence-electron chi connectivity index (χ1n) is 8.88. The second-order valence-electron chi connectivity index (χ2n) is 7.33. The highest BCUT2D eigenvalue weighted by molar-refractivity contribution is 5.79. The lowest BCUT2D eigenvalue weighted by Crippen LogP contribution is -2.57. The summed E-state index contributed by atoms with van der Waals surface area (Å²) in [6.45, 7) is 5.81. The van der Waals surface area contributed by atoms with E-state index in [0.717, 1.165) is 24.7 Å². The number of pyridine rings is 1. The number of hydrogen-bond acceptors (Lipinski definition) is 4. The van der Waals surface area contributed by atoms with Gasteiger partial charge in [0.25, 0.3) is 0 Å². The smallest absolute Gasteiger partial charge is 0.225 e. The Hall–Kier alpha value is -2.09. The normalized spacial score (nSPS) is 24.3. The van der Waals surface area contributed by atoms with E-state index in [1.807, 2.05) is 4.90 Å². The van der Waals surface area contributed by atoms with Crippen molar-refractivity contribution in [1.82, 2.24) is 9.88 Å². The van der Waals surface area contributed by atoms with E-state index in [-0.39, 0.29) is 17.9 Å². The third kappa shape index (κ3) is 3.69. The minimum absolute atomic E-state index is 0.0117. The van der Waals surface area contributed by atoms with Gasteiger partial charge in [0.15, 0.2) is 0 Å². The van der Waals surface area contributed by atoms with Crippen LogP contribution >= 0.6 is 0 Å². The molecule has 1 aliphatic carbocycles. The lowest BCUT2D eigenvalue weighted by molar-refractivity contribution is -0.146. The van der Waals surface area contributed by atoms with Crippen molar-refractivity contribution >= 4 is 5.91 Å². The van der Waals surface area contributed by atoms with E-state index in [2.05, 4.69) is 24.9 Å². The molecule has 1 amide bonds. The summed E-state index contributed by atoms with van der Waals surface area (Å²) in [6, 6.07) is 5.36. The SMILES string of the molecule is CC(C)C1CCC(C(=O)N2CC(Oc3cc(C#N)ccn3)C2)CC1. The quantitative estimate of drug-likeness (QED) is 0.852. The summed E-state index contributed by atoms with van der Waals surface area (Å²) in [6.07, 6.45) is 5.95. The summed E-state index contributed by atoms with van der Waals surface area (Å²) in [5, 5.41) is 8.89. The zero-order chi connectivity index (χ0) is 17.1. The molecule has 0 unspecified atom stereocenters. The van der Waals surface area contributed by atoms with Gasteiger partial charge in [0, 0.05) is 18.2 Å². The number of likely N-dealkylation sites (tertiary alicyclic amines) is 1. The predicted molar refractivity (Wildman–Crippen MR) is 90.2 cm³/mol. The minimum atomic E-state index is -0.0117. The molecule has 128 valence electrons. The van der Waals surface area contributed by atoms with Gasteiger partial charge in [0.1, 0.15) is 6.10 Å². The zero-order valence-electron chi connectivity index (χ0n) is 14.4. The Bertz CT molecular complexity index is 624. The summed E-state index contributed by atoms with van der Waals surface area (Å²) in [4.78, 5) is 18.6. The fourth-order valence-electron chi connectivity index (χ4n) is 3.70. The van der Waals surface area contributed by atoms with Crippen LogP contribution < -0.4 is 4.74 Å². The van der Waals surface area contributed by atoms with Crippen LogP contribution in [0.5, 0.6) is 5.88 Å². The van der Waals surface area contributed by atoms with Gasteiger partial charge in [-0.05, 0) is 43.6 Å². The molecule has 0 atom stereocenters. The molecule has 1 saturated carbocycles. The monoisotopic (exact) mass is 327 g/mol. The number of nitrogens with zero attached hydrogens (tertiary/aromatic N) is 3. The average molecular weight is 327 g/mol. The largest absolute Gasteiger partial charge is 0.471 e. The van der Waals surface area contributed by atoms with E-state index in [9.17, 15) is 4.79 Å². The third-order valence-corrected chi connectivity index (χ3v) is 5.37. The summed E-state index contributed by atoms with van der Waals surface area (Å²) in [5.41, 5.74) is 0.536. The average Bonchev–Trinajstić information content (AvgIpc) is 2.57. The van der Waals surface area contributed by atoms with Crippen LogP contribution in [0.25, 0.3) is 0 Å². The fraction of sp³-hybridized carbons (Fsp3) is 0.632. The maximum absolute atomic E-state index is 12.6. The van der Waals surface area contributed by atoms with Crippen LogP contribution in [0.3, 0.4) is 0 Å². The molecule has 5 nitrogen and oxygen atoms in total. The molecule has 1 aliphatic heterocycles. The molecule has 24 heavy (non-hydrogen) atoms.